The number of imide groups is 2. The van der Waals surface area contributed by atoms with Gasteiger partial charge in [0, 0.05) is 30.9 Å². The molecule has 9 heteroatoms. The van der Waals surface area contributed by atoms with E-state index in [9.17, 15) is 24.0 Å². The van der Waals surface area contributed by atoms with Crippen LogP contribution in [0.3, 0.4) is 0 Å². The summed E-state index contributed by atoms with van der Waals surface area (Å²) in [5, 5.41) is 2.56. The Balaban J connectivity index is 2.07. The van der Waals surface area contributed by atoms with Gasteiger partial charge in [-0.25, -0.2) is 9.69 Å². The van der Waals surface area contributed by atoms with Crippen molar-refractivity contribution in [2.24, 2.45) is 0 Å². The minimum atomic E-state index is -1.01. The molecule has 28 heavy (non-hydrogen) atoms. The highest BCUT2D eigenvalue weighted by atomic mass is 16.2. The molecule has 0 aromatic heterocycles. The molecule has 1 fully saturated rings. The maximum absolute atomic E-state index is 12.4. The molecule has 1 aliphatic heterocycles. The van der Waals surface area contributed by atoms with Gasteiger partial charge in [-0.15, -0.1) is 0 Å². The molecule has 150 valence electrons. The molecule has 0 saturated carbocycles. The van der Waals surface area contributed by atoms with Crippen molar-refractivity contribution in [2.75, 3.05) is 31.5 Å². The van der Waals surface area contributed by atoms with Crippen molar-refractivity contribution in [1.29, 1.82) is 0 Å². The average Bonchev–Trinajstić information content (AvgIpc) is 2.87. The molecule has 1 saturated heterocycles. The third-order valence-electron chi connectivity index (χ3n) is 4.33. The first-order valence-corrected chi connectivity index (χ1v) is 9.20. The number of carbonyl (C=O) groups excluding carboxylic acids is 5. The van der Waals surface area contributed by atoms with Gasteiger partial charge in [-0.3, -0.25) is 24.1 Å². The van der Waals surface area contributed by atoms with Crippen LogP contribution >= 0.6 is 0 Å². The van der Waals surface area contributed by atoms with E-state index in [0.717, 1.165) is 4.90 Å². The van der Waals surface area contributed by atoms with Gasteiger partial charge in [-0.05, 0) is 38.5 Å². The third kappa shape index (κ3) is 4.36. The number of nitrogens with one attached hydrogen (secondary N) is 1. The van der Waals surface area contributed by atoms with E-state index in [4.69, 9.17) is 0 Å². The van der Waals surface area contributed by atoms with Crippen LogP contribution < -0.4 is 5.32 Å². The number of benzene rings is 1. The minimum Gasteiger partial charge on any atom is -0.339 e. The topological polar surface area (TPSA) is 107 Å². The van der Waals surface area contributed by atoms with Gasteiger partial charge >= 0.3 is 17.8 Å². The maximum Gasteiger partial charge on any atom is 0.334 e. The molecule has 1 N–H and O–H groups in total. The first-order valence-electron chi connectivity index (χ1n) is 9.20. The van der Waals surface area contributed by atoms with Crippen molar-refractivity contribution in [3.8, 4) is 0 Å². The average molecular weight is 388 g/mol. The monoisotopic (exact) mass is 388 g/mol. The van der Waals surface area contributed by atoms with E-state index in [-0.39, 0.29) is 12.5 Å². The van der Waals surface area contributed by atoms with E-state index in [1.54, 1.807) is 30.0 Å². The summed E-state index contributed by atoms with van der Waals surface area (Å²) in [7, 11) is 0. The lowest BCUT2D eigenvalue weighted by molar-refractivity contribution is -0.143. The second-order valence-corrected chi connectivity index (χ2v) is 6.24. The summed E-state index contributed by atoms with van der Waals surface area (Å²) >= 11 is 0. The quantitative estimate of drug-likeness (QED) is 0.534. The van der Waals surface area contributed by atoms with Crippen LogP contribution in [0.1, 0.15) is 37.6 Å². The summed E-state index contributed by atoms with van der Waals surface area (Å²) in [5.41, 5.74) is 0.776. The van der Waals surface area contributed by atoms with Crippen molar-refractivity contribution in [2.45, 2.75) is 27.2 Å². The van der Waals surface area contributed by atoms with Gasteiger partial charge in [-0.1, -0.05) is 13.0 Å². The molecule has 2 rings (SSSR count). The molecule has 1 aliphatic rings. The van der Waals surface area contributed by atoms with Crippen molar-refractivity contribution in [3.63, 3.8) is 0 Å². The van der Waals surface area contributed by atoms with Crippen LogP contribution in [-0.4, -0.2) is 70.5 Å². The zero-order chi connectivity index (χ0) is 20.8. The van der Waals surface area contributed by atoms with E-state index in [1.165, 1.54) is 6.07 Å². The van der Waals surface area contributed by atoms with Crippen LogP contribution in [0.5, 0.6) is 0 Å². The van der Waals surface area contributed by atoms with E-state index in [0.29, 0.717) is 35.7 Å². The Morgan fingerprint density at radius 3 is 2.25 bits per heavy atom. The smallest absolute Gasteiger partial charge is 0.334 e. The Bertz CT molecular complexity index is 803. The lowest BCUT2D eigenvalue weighted by Crippen LogP contribution is -2.39. The first-order chi connectivity index (χ1) is 13.3. The zero-order valence-electron chi connectivity index (χ0n) is 16.2. The predicted octanol–water partition coefficient (Wildman–Crippen LogP) is 1.31. The Labute approximate surface area is 163 Å². The van der Waals surface area contributed by atoms with Gasteiger partial charge in [0.1, 0.15) is 6.54 Å². The summed E-state index contributed by atoms with van der Waals surface area (Å²) in [6.07, 6.45) is 0.512. The molecular formula is C19H24N4O5. The Morgan fingerprint density at radius 2 is 1.64 bits per heavy atom. The molecule has 0 bridgehead atoms. The van der Waals surface area contributed by atoms with Crippen LogP contribution in [0.25, 0.3) is 0 Å². The molecule has 0 aliphatic carbocycles. The third-order valence-corrected chi connectivity index (χ3v) is 4.33. The largest absolute Gasteiger partial charge is 0.339 e. The van der Waals surface area contributed by atoms with E-state index >= 15 is 0 Å². The highest BCUT2D eigenvalue weighted by Gasteiger charge is 2.44. The van der Waals surface area contributed by atoms with Gasteiger partial charge in [0.25, 0.3) is 5.91 Å². The molecule has 1 aromatic rings. The summed E-state index contributed by atoms with van der Waals surface area (Å²) in [6.45, 7) is 6.20. The lowest BCUT2D eigenvalue weighted by atomic mass is 10.1. The van der Waals surface area contributed by atoms with Gasteiger partial charge in [-0.2, -0.15) is 0 Å². The molecule has 0 radical (unpaired) electrons. The Kier molecular flexibility index (Phi) is 6.86. The number of anilines is 1. The normalized spacial score (nSPS) is 13.9. The molecular weight excluding hydrogens is 364 g/mol. The van der Waals surface area contributed by atoms with Crippen LogP contribution in [0, 0.1) is 0 Å². The summed E-state index contributed by atoms with van der Waals surface area (Å²) in [4.78, 5) is 63.8. The fourth-order valence-electron chi connectivity index (χ4n) is 2.88. The lowest BCUT2D eigenvalue weighted by Gasteiger charge is -2.19. The highest BCUT2D eigenvalue weighted by Crippen LogP contribution is 2.15. The van der Waals surface area contributed by atoms with Crippen LogP contribution in [-0.2, 0) is 14.4 Å². The standard InChI is InChI=1S/C19H24N4O5/c1-4-10-22-17(26)18(27)23(19(22)28)12-15(24)20-14-9-7-8-13(11-14)16(25)21(5-2)6-3/h7-9,11H,4-6,10,12H2,1-3H3,(H,20,24). The zero-order valence-corrected chi connectivity index (χ0v) is 16.2. The van der Waals surface area contributed by atoms with Crippen LogP contribution in [0.15, 0.2) is 24.3 Å². The number of urea groups is 1. The summed E-state index contributed by atoms with van der Waals surface area (Å²) < 4.78 is 0. The molecule has 6 amide bonds. The van der Waals surface area contributed by atoms with Gasteiger partial charge in [0.15, 0.2) is 0 Å². The number of hydrogen-bond donors (Lipinski definition) is 1. The number of carbonyl (C=O) groups is 5. The van der Waals surface area contributed by atoms with Crippen molar-refractivity contribution < 1.29 is 24.0 Å². The Hall–Kier alpha value is -3.23. The first kappa shape index (κ1) is 21.1. The van der Waals surface area contributed by atoms with Crippen LogP contribution in [0.2, 0.25) is 0 Å². The minimum absolute atomic E-state index is 0.122. The highest BCUT2D eigenvalue weighted by molar-refractivity contribution is 6.45. The van der Waals surface area contributed by atoms with Gasteiger partial charge in [0.2, 0.25) is 5.91 Å². The van der Waals surface area contributed by atoms with E-state index in [1.807, 2.05) is 13.8 Å². The van der Waals surface area contributed by atoms with Crippen LogP contribution in [0.4, 0.5) is 10.5 Å². The number of nitrogens with zero attached hydrogens (tertiary/aromatic N) is 3. The summed E-state index contributed by atoms with van der Waals surface area (Å²) in [5.74, 6) is -2.74. The molecule has 9 nitrogen and oxygen atoms in total. The predicted molar refractivity (Wildman–Crippen MR) is 101 cm³/mol. The van der Waals surface area contributed by atoms with E-state index < -0.39 is 30.3 Å². The molecule has 1 heterocycles. The Morgan fingerprint density at radius 1 is 1.00 bits per heavy atom. The molecule has 1 aromatic carbocycles. The maximum atomic E-state index is 12.4. The SMILES string of the molecule is CCCN1C(=O)C(=O)N(CC(=O)Nc2cccc(C(=O)N(CC)CC)c2)C1=O. The van der Waals surface area contributed by atoms with Crippen molar-refractivity contribution in [3.05, 3.63) is 29.8 Å². The van der Waals surface area contributed by atoms with Gasteiger partial charge < -0.3 is 10.2 Å². The molecule has 0 atom stereocenters. The number of rotatable bonds is 8. The number of hydrogen-bond acceptors (Lipinski definition) is 5. The molecule has 0 unspecified atom stereocenters. The molecule has 0 spiro atoms. The summed E-state index contributed by atoms with van der Waals surface area (Å²) in [6, 6.07) is 5.60. The second-order valence-electron chi connectivity index (χ2n) is 6.24. The fourth-order valence-corrected chi connectivity index (χ4v) is 2.88. The second kappa shape index (κ2) is 9.12. The van der Waals surface area contributed by atoms with Crippen molar-refractivity contribution in [1.82, 2.24) is 14.7 Å². The fraction of sp³-hybridized carbons (Fsp3) is 0.421. The number of amides is 6. The van der Waals surface area contributed by atoms with Crippen molar-refractivity contribution >= 4 is 35.3 Å². The van der Waals surface area contributed by atoms with Gasteiger partial charge in [0.05, 0.1) is 0 Å². The van der Waals surface area contributed by atoms with E-state index in [2.05, 4.69) is 5.32 Å².